The Balaban J connectivity index is 1.84. The van der Waals surface area contributed by atoms with E-state index in [2.05, 4.69) is 26.6 Å². The molecule has 3 atom stereocenters. The third kappa shape index (κ3) is 3.32. The van der Waals surface area contributed by atoms with Gasteiger partial charge in [0.1, 0.15) is 0 Å². The molecule has 1 aliphatic heterocycles. The highest BCUT2D eigenvalue weighted by Gasteiger charge is 2.26. The van der Waals surface area contributed by atoms with Gasteiger partial charge in [-0.15, -0.1) is 11.3 Å². The zero-order valence-corrected chi connectivity index (χ0v) is 12.6. The first-order valence-electron chi connectivity index (χ1n) is 5.99. The molecule has 3 unspecified atom stereocenters. The molecule has 1 saturated heterocycles. The monoisotopic (exact) mass is 332 g/mol. The third-order valence-corrected chi connectivity index (χ3v) is 5.06. The molecule has 100 valence electrons. The lowest BCUT2D eigenvalue weighted by Crippen LogP contribution is -2.36. The number of nitrogens with one attached hydrogen (secondary N) is 2. The van der Waals surface area contributed by atoms with Gasteiger partial charge in [0.15, 0.2) is 0 Å². The summed E-state index contributed by atoms with van der Waals surface area (Å²) >= 11 is 4.97. The summed E-state index contributed by atoms with van der Waals surface area (Å²) < 4.78 is 1.03. The molecule has 1 aromatic rings. The van der Waals surface area contributed by atoms with E-state index < -0.39 is 0 Å². The number of β-amino-alcohol motifs (C(OH)–C–C–N with tert-alkyl or cyclic N) is 1. The highest BCUT2D eigenvalue weighted by atomic mass is 79.9. The summed E-state index contributed by atoms with van der Waals surface area (Å²) in [4.78, 5) is 13.0. The van der Waals surface area contributed by atoms with Crippen molar-refractivity contribution in [3.8, 4) is 0 Å². The molecule has 0 saturated carbocycles. The van der Waals surface area contributed by atoms with Gasteiger partial charge in [-0.25, -0.2) is 0 Å². The normalized spacial score (nSPS) is 25.1. The van der Waals surface area contributed by atoms with E-state index in [0.717, 1.165) is 15.2 Å². The number of hydrogen-bond donors (Lipinski definition) is 3. The zero-order chi connectivity index (χ0) is 13.1. The van der Waals surface area contributed by atoms with Crippen LogP contribution in [0.1, 0.15) is 17.7 Å². The Labute approximate surface area is 119 Å². The number of hydrogen-bond acceptors (Lipinski definition) is 4. The molecule has 2 rings (SSSR count). The van der Waals surface area contributed by atoms with Gasteiger partial charge in [0.25, 0.3) is 0 Å². The van der Waals surface area contributed by atoms with E-state index in [0.29, 0.717) is 13.1 Å². The fraction of sp³-hybridized carbons (Fsp3) is 0.583. The van der Waals surface area contributed by atoms with Crippen LogP contribution < -0.4 is 10.6 Å². The van der Waals surface area contributed by atoms with Gasteiger partial charge in [0.2, 0.25) is 5.91 Å². The highest BCUT2D eigenvalue weighted by molar-refractivity contribution is 9.11. The number of thiophene rings is 1. The van der Waals surface area contributed by atoms with Gasteiger partial charge in [-0.2, -0.15) is 0 Å². The number of carbonyl (C=O) groups is 1. The predicted molar refractivity (Wildman–Crippen MR) is 75.8 cm³/mol. The summed E-state index contributed by atoms with van der Waals surface area (Å²) in [6.45, 7) is 3.81. The molecule has 0 spiro atoms. The van der Waals surface area contributed by atoms with Crippen LogP contribution in [0, 0.1) is 5.92 Å². The summed E-state index contributed by atoms with van der Waals surface area (Å²) in [6.07, 6.45) is -0.350. The Kier molecular flexibility index (Phi) is 4.77. The van der Waals surface area contributed by atoms with E-state index in [1.165, 1.54) is 0 Å². The topological polar surface area (TPSA) is 61.4 Å². The van der Waals surface area contributed by atoms with E-state index >= 15 is 0 Å². The molecule has 1 aromatic heterocycles. The van der Waals surface area contributed by atoms with Crippen LogP contribution in [-0.4, -0.2) is 36.8 Å². The molecule has 2 heterocycles. The van der Waals surface area contributed by atoms with Gasteiger partial charge in [0, 0.05) is 30.4 Å². The number of carbonyl (C=O) groups excluding carboxylic acids is 1. The van der Waals surface area contributed by atoms with Crippen molar-refractivity contribution < 1.29 is 9.90 Å². The minimum atomic E-state index is -0.350. The molecule has 1 amide bonds. The fourth-order valence-electron chi connectivity index (χ4n) is 2.00. The molecule has 0 bridgehead atoms. The molecule has 0 aliphatic carbocycles. The van der Waals surface area contributed by atoms with Crippen LogP contribution in [0.3, 0.4) is 0 Å². The van der Waals surface area contributed by atoms with Crippen molar-refractivity contribution in [2.75, 3.05) is 19.6 Å². The largest absolute Gasteiger partial charge is 0.391 e. The van der Waals surface area contributed by atoms with Crippen LogP contribution in [0.5, 0.6) is 0 Å². The minimum absolute atomic E-state index is 0.0171. The van der Waals surface area contributed by atoms with Gasteiger partial charge < -0.3 is 15.7 Å². The van der Waals surface area contributed by atoms with E-state index in [9.17, 15) is 9.90 Å². The number of aliphatic hydroxyl groups is 1. The van der Waals surface area contributed by atoms with Crippen molar-refractivity contribution >= 4 is 33.2 Å². The quantitative estimate of drug-likeness (QED) is 0.779. The number of rotatable bonds is 4. The second-order valence-corrected chi connectivity index (χ2v) is 7.09. The van der Waals surface area contributed by atoms with Crippen molar-refractivity contribution in [1.82, 2.24) is 10.6 Å². The van der Waals surface area contributed by atoms with Crippen LogP contribution in [0.2, 0.25) is 0 Å². The van der Waals surface area contributed by atoms with E-state index in [1.54, 1.807) is 11.3 Å². The van der Waals surface area contributed by atoms with Crippen LogP contribution in [-0.2, 0) is 4.79 Å². The van der Waals surface area contributed by atoms with Crippen LogP contribution in [0.4, 0.5) is 0 Å². The van der Waals surface area contributed by atoms with Crippen LogP contribution in [0.15, 0.2) is 15.9 Å². The predicted octanol–water partition coefficient (Wildman–Crippen LogP) is 1.31. The molecule has 1 fully saturated rings. The summed E-state index contributed by atoms with van der Waals surface area (Å²) in [5.74, 6) is -0.00697. The maximum absolute atomic E-state index is 12.0. The Morgan fingerprint density at radius 3 is 3.00 bits per heavy atom. The molecule has 18 heavy (non-hydrogen) atoms. The first kappa shape index (κ1) is 14.0. The molecular formula is C12H17BrN2O2S. The Bertz CT molecular complexity index is 424. The first-order chi connectivity index (χ1) is 8.58. The van der Waals surface area contributed by atoms with Crippen molar-refractivity contribution in [2.24, 2.45) is 5.92 Å². The third-order valence-electron chi connectivity index (χ3n) is 3.26. The minimum Gasteiger partial charge on any atom is -0.391 e. The second kappa shape index (κ2) is 6.14. The standard InChI is InChI=1S/C12H17BrN2O2S/c1-7(10-2-3-11(13)18-10)12(17)15-5-8-4-14-6-9(8)16/h2-3,7-9,14,16H,4-6H2,1H3,(H,15,17). The lowest BCUT2D eigenvalue weighted by Gasteiger charge is -2.16. The average molecular weight is 333 g/mol. The molecule has 4 nitrogen and oxygen atoms in total. The summed E-state index contributed by atoms with van der Waals surface area (Å²) in [5.41, 5.74) is 0. The molecule has 0 radical (unpaired) electrons. The van der Waals surface area contributed by atoms with Gasteiger partial charge >= 0.3 is 0 Å². The summed E-state index contributed by atoms with van der Waals surface area (Å²) in [7, 11) is 0. The van der Waals surface area contributed by atoms with Crippen molar-refractivity contribution in [3.63, 3.8) is 0 Å². The summed E-state index contributed by atoms with van der Waals surface area (Å²) in [5, 5.41) is 15.7. The number of aliphatic hydroxyl groups excluding tert-OH is 1. The van der Waals surface area contributed by atoms with Gasteiger partial charge in [-0.05, 0) is 35.0 Å². The molecule has 1 aliphatic rings. The average Bonchev–Trinajstić information content (AvgIpc) is 2.94. The lowest BCUT2D eigenvalue weighted by molar-refractivity contribution is -0.122. The van der Waals surface area contributed by atoms with Crippen LogP contribution in [0.25, 0.3) is 0 Å². The second-order valence-electron chi connectivity index (χ2n) is 4.59. The van der Waals surface area contributed by atoms with E-state index in [4.69, 9.17) is 0 Å². The lowest BCUT2D eigenvalue weighted by atomic mass is 10.1. The Morgan fingerprint density at radius 1 is 1.67 bits per heavy atom. The molecule has 3 N–H and O–H groups in total. The maximum Gasteiger partial charge on any atom is 0.228 e. The fourth-order valence-corrected chi connectivity index (χ4v) is 3.48. The maximum atomic E-state index is 12.0. The highest BCUT2D eigenvalue weighted by Crippen LogP contribution is 2.28. The van der Waals surface area contributed by atoms with Crippen LogP contribution >= 0.6 is 27.3 Å². The number of halogens is 1. The van der Waals surface area contributed by atoms with Crippen molar-refractivity contribution in [1.29, 1.82) is 0 Å². The smallest absolute Gasteiger partial charge is 0.228 e. The molecular weight excluding hydrogens is 316 g/mol. The van der Waals surface area contributed by atoms with Crippen molar-refractivity contribution in [2.45, 2.75) is 18.9 Å². The van der Waals surface area contributed by atoms with Gasteiger partial charge in [-0.1, -0.05) is 0 Å². The Morgan fingerprint density at radius 2 is 2.44 bits per heavy atom. The molecule has 0 aromatic carbocycles. The van der Waals surface area contributed by atoms with Crippen molar-refractivity contribution in [3.05, 3.63) is 20.8 Å². The Hall–Kier alpha value is -0.430. The van der Waals surface area contributed by atoms with E-state index in [-0.39, 0.29) is 23.8 Å². The zero-order valence-electron chi connectivity index (χ0n) is 10.1. The SMILES string of the molecule is CC(C(=O)NCC1CNCC1O)c1ccc(Br)s1. The van der Waals surface area contributed by atoms with E-state index in [1.807, 2.05) is 19.1 Å². The molecule has 6 heteroatoms. The van der Waals surface area contributed by atoms with Gasteiger partial charge in [0.05, 0.1) is 15.8 Å². The number of amides is 1. The summed E-state index contributed by atoms with van der Waals surface area (Å²) in [6, 6.07) is 3.92. The first-order valence-corrected chi connectivity index (χ1v) is 7.60. The van der Waals surface area contributed by atoms with Gasteiger partial charge in [-0.3, -0.25) is 4.79 Å².